The van der Waals surface area contributed by atoms with E-state index in [1.54, 1.807) is 25.2 Å². The molecule has 1 aliphatic heterocycles. The van der Waals surface area contributed by atoms with Crippen molar-refractivity contribution in [3.05, 3.63) is 60.0 Å². The molecule has 0 saturated carbocycles. The summed E-state index contributed by atoms with van der Waals surface area (Å²) >= 11 is 0. The fourth-order valence-corrected chi connectivity index (χ4v) is 3.35. The normalized spacial score (nSPS) is 19.2. The monoisotopic (exact) mass is 425 g/mol. The van der Waals surface area contributed by atoms with E-state index >= 15 is 0 Å². The summed E-state index contributed by atoms with van der Waals surface area (Å²) in [5.74, 6) is -2.63. The number of rotatable bonds is 6. The largest absolute Gasteiger partial charge is 0.366 e. The highest BCUT2D eigenvalue weighted by Crippen LogP contribution is 2.27. The molecule has 2 atom stereocenters. The number of primary amides is 2. The van der Waals surface area contributed by atoms with E-state index in [1.165, 1.54) is 23.4 Å². The van der Waals surface area contributed by atoms with E-state index in [0.717, 1.165) is 6.42 Å². The highest BCUT2D eigenvalue weighted by Gasteiger charge is 2.34. The molecule has 0 aliphatic carbocycles. The molecule has 2 heterocycles. The van der Waals surface area contributed by atoms with Crippen LogP contribution in [0.3, 0.4) is 0 Å². The maximum absolute atomic E-state index is 12.9. The molecule has 31 heavy (non-hydrogen) atoms. The zero-order chi connectivity index (χ0) is 23.1. The summed E-state index contributed by atoms with van der Waals surface area (Å²) in [5.41, 5.74) is 11.7. The van der Waals surface area contributed by atoms with E-state index in [0.29, 0.717) is 24.1 Å². The zero-order valence-corrected chi connectivity index (χ0v) is 17.6. The van der Waals surface area contributed by atoms with E-state index < -0.39 is 29.7 Å². The molecule has 1 saturated heterocycles. The number of aromatic nitrogens is 1. The lowest BCUT2D eigenvalue weighted by Crippen LogP contribution is -2.50. The van der Waals surface area contributed by atoms with Crippen LogP contribution in [-0.2, 0) is 14.4 Å². The molecule has 0 bridgehead atoms. The van der Waals surface area contributed by atoms with Crippen LogP contribution in [0.15, 0.2) is 54.4 Å². The number of nitrogens with zero attached hydrogens (tertiary/aromatic N) is 2. The van der Waals surface area contributed by atoms with Gasteiger partial charge in [-0.1, -0.05) is 25.7 Å². The molecule has 4 amide bonds. The van der Waals surface area contributed by atoms with Gasteiger partial charge in [-0.2, -0.15) is 0 Å². The molecule has 2 rings (SSSR count). The SMILES string of the molecule is C=C(/C=C\C(=C/C)C(N)=O)[C@@H]1CC[C@@H](C)CN1C(=O)C(=O)Nc1cncc(C(N)=O)c1. The van der Waals surface area contributed by atoms with Gasteiger partial charge in [0.25, 0.3) is 0 Å². The van der Waals surface area contributed by atoms with Crippen molar-refractivity contribution in [2.24, 2.45) is 17.4 Å². The number of carbonyl (C=O) groups is 4. The van der Waals surface area contributed by atoms with Crippen LogP contribution in [0.1, 0.15) is 37.0 Å². The highest BCUT2D eigenvalue weighted by atomic mass is 16.2. The van der Waals surface area contributed by atoms with Crippen LogP contribution in [0.5, 0.6) is 0 Å². The van der Waals surface area contributed by atoms with Gasteiger partial charge in [0.2, 0.25) is 11.8 Å². The Morgan fingerprint density at radius 3 is 2.52 bits per heavy atom. The fraction of sp³-hybridized carbons (Fsp3) is 0.318. The Morgan fingerprint density at radius 2 is 1.90 bits per heavy atom. The number of hydrogen-bond donors (Lipinski definition) is 3. The Morgan fingerprint density at radius 1 is 1.19 bits per heavy atom. The molecular weight excluding hydrogens is 398 g/mol. The number of hydrogen-bond acceptors (Lipinski definition) is 5. The predicted octanol–water partition coefficient (Wildman–Crippen LogP) is 1.29. The van der Waals surface area contributed by atoms with Crippen LogP contribution in [0.25, 0.3) is 0 Å². The minimum atomic E-state index is -0.856. The Kier molecular flexibility index (Phi) is 7.84. The third-order valence-corrected chi connectivity index (χ3v) is 5.05. The first kappa shape index (κ1) is 23.5. The average Bonchev–Trinajstić information content (AvgIpc) is 2.73. The van der Waals surface area contributed by atoms with Crippen LogP contribution in [-0.4, -0.2) is 46.1 Å². The second kappa shape index (κ2) is 10.3. The van der Waals surface area contributed by atoms with Crippen molar-refractivity contribution in [1.29, 1.82) is 0 Å². The Balaban J connectivity index is 2.18. The molecule has 9 nitrogen and oxygen atoms in total. The fourth-order valence-electron chi connectivity index (χ4n) is 3.35. The molecule has 1 fully saturated rings. The second-order valence-corrected chi connectivity index (χ2v) is 7.45. The van der Waals surface area contributed by atoms with Crippen LogP contribution in [0.2, 0.25) is 0 Å². The lowest BCUT2D eigenvalue weighted by Gasteiger charge is -2.38. The lowest BCUT2D eigenvalue weighted by molar-refractivity contribution is -0.145. The van der Waals surface area contributed by atoms with Crippen LogP contribution >= 0.6 is 0 Å². The van der Waals surface area contributed by atoms with E-state index in [9.17, 15) is 19.2 Å². The molecular formula is C22H27N5O4. The molecule has 9 heteroatoms. The highest BCUT2D eigenvalue weighted by molar-refractivity contribution is 6.39. The molecule has 1 aliphatic rings. The van der Waals surface area contributed by atoms with Gasteiger partial charge in [0.05, 0.1) is 23.5 Å². The number of nitrogens with two attached hydrogens (primary N) is 2. The smallest absolute Gasteiger partial charge is 0.313 e. The molecule has 0 aromatic carbocycles. The first-order valence-corrected chi connectivity index (χ1v) is 9.83. The lowest BCUT2D eigenvalue weighted by atomic mass is 9.89. The number of piperidine rings is 1. The maximum atomic E-state index is 12.9. The Hall–Kier alpha value is -3.75. The third-order valence-electron chi connectivity index (χ3n) is 5.05. The molecule has 0 spiro atoms. The van der Waals surface area contributed by atoms with Crippen LogP contribution < -0.4 is 16.8 Å². The van der Waals surface area contributed by atoms with Crippen molar-refractivity contribution in [1.82, 2.24) is 9.88 Å². The number of amides is 4. The van der Waals surface area contributed by atoms with E-state index in [1.807, 2.05) is 6.92 Å². The average molecular weight is 425 g/mol. The van der Waals surface area contributed by atoms with Gasteiger partial charge < -0.3 is 21.7 Å². The molecule has 1 aromatic rings. The van der Waals surface area contributed by atoms with Crippen molar-refractivity contribution >= 4 is 29.3 Å². The van der Waals surface area contributed by atoms with Gasteiger partial charge in [-0.15, -0.1) is 0 Å². The predicted molar refractivity (Wildman–Crippen MR) is 117 cm³/mol. The summed E-state index contributed by atoms with van der Waals surface area (Å²) in [6.45, 7) is 8.10. The molecule has 164 valence electrons. The summed E-state index contributed by atoms with van der Waals surface area (Å²) in [6, 6.07) is 0.952. The Bertz CT molecular complexity index is 966. The first-order chi connectivity index (χ1) is 14.6. The minimum absolute atomic E-state index is 0.113. The van der Waals surface area contributed by atoms with Crippen LogP contribution in [0, 0.1) is 5.92 Å². The molecule has 5 N–H and O–H groups in total. The third kappa shape index (κ3) is 6.11. The van der Waals surface area contributed by atoms with Gasteiger partial charge in [0, 0.05) is 18.3 Å². The summed E-state index contributed by atoms with van der Waals surface area (Å²) in [6.07, 6.45) is 8.84. The standard InChI is InChI=1S/C22H27N5O4/c1-4-15(19(23)28)7-6-14(3)18-8-5-13(2)12-27(18)22(31)21(30)26-17-9-16(20(24)29)10-25-11-17/h4,6-7,9-11,13,18H,3,5,8,12H2,1-2H3,(H2,23,28)(H2,24,29)(H,26,30)/b7-6-,15-4+/t13-,18+/m1/s1. The van der Waals surface area contributed by atoms with E-state index in [-0.39, 0.29) is 17.2 Å². The minimum Gasteiger partial charge on any atom is -0.366 e. The number of allylic oxidation sites excluding steroid dienone is 1. The molecule has 0 radical (unpaired) electrons. The second-order valence-electron chi connectivity index (χ2n) is 7.45. The zero-order valence-electron chi connectivity index (χ0n) is 17.6. The van der Waals surface area contributed by atoms with Gasteiger partial charge in [0.1, 0.15) is 0 Å². The molecule has 0 unspecified atom stereocenters. The number of likely N-dealkylation sites (tertiary alicyclic amines) is 1. The maximum Gasteiger partial charge on any atom is 0.313 e. The van der Waals surface area contributed by atoms with Crippen molar-refractivity contribution < 1.29 is 19.2 Å². The van der Waals surface area contributed by atoms with Crippen molar-refractivity contribution in [3.63, 3.8) is 0 Å². The van der Waals surface area contributed by atoms with E-state index in [2.05, 4.69) is 16.9 Å². The van der Waals surface area contributed by atoms with Crippen molar-refractivity contribution in [3.8, 4) is 0 Å². The van der Waals surface area contributed by atoms with Crippen LogP contribution in [0.4, 0.5) is 5.69 Å². The summed E-state index contributed by atoms with van der Waals surface area (Å²) < 4.78 is 0. The van der Waals surface area contributed by atoms with Gasteiger partial charge >= 0.3 is 11.8 Å². The number of nitrogens with one attached hydrogen (secondary N) is 1. The van der Waals surface area contributed by atoms with Gasteiger partial charge in [-0.25, -0.2) is 0 Å². The van der Waals surface area contributed by atoms with Gasteiger partial charge in [-0.3, -0.25) is 24.2 Å². The number of pyridine rings is 1. The van der Waals surface area contributed by atoms with E-state index in [4.69, 9.17) is 11.5 Å². The summed E-state index contributed by atoms with van der Waals surface area (Å²) in [5, 5.41) is 2.46. The Labute approximate surface area is 180 Å². The van der Waals surface area contributed by atoms with Crippen molar-refractivity contribution in [2.45, 2.75) is 32.7 Å². The quantitative estimate of drug-likeness (QED) is 0.357. The first-order valence-electron chi connectivity index (χ1n) is 9.83. The number of carbonyl (C=O) groups excluding carboxylic acids is 4. The topological polar surface area (TPSA) is 148 Å². The molecule has 1 aromatic heterocycles. The summed E-state index contributed by atoms with van der Waals surface area (Å²) in [7, 11) is 0. The van der Waals surface area contributed by atoms with Gasteiger partial charge in [-0.05, 0) is 43.4 Å². The number of anilines is 1. The van der Waals surface area contributed by atoms with Gasteiger partial charge in [0.15, 0.2) is 0 Å². The van der Waals surface area contributed by atoms with Crippen molar-refractivity contribution in [2.75, 3.05) is 11.9 Å². The summed E-state index contributed by atoms with van der Waals surface area (Å²) in [4.78, 5) is 53.5.